The van der Waals surface area contributed by atoms with Gasteiger partial charge < -0.3 is 9.84 Å². The first-order chi connectivity index (χ1) is 9.99. The molecule has 0 saturated carbocycles. The monoisotopic (exact) mass is 287 g/mol. The lowest BCUT2D eigenvalue weighted by atomic mass is 10.1. The van der Waals surface area contributed by atoms with Crippen LogP contribution >= 0.6 is 0 Å². The predicted octanol–water partition coefficient (Wildman–Crippen LogP) is 3.18. The van der Waals surface area contributed by atoms with E-state index in [0.29, 0.717) is 0 Å². The third-order valence-corrected chi connectivity index (χ3v) is 2.89. The average molecular weight is 287 g/mol. The first-order valence-corrected chi connectivity index (χ1v) is 6.18. The zero-order chi connectivity index (χ0) is 15.4. The van der Waals surface area contributed by atoms with Gasteiger partial charge >= 0.3 is 11.7 Å². The maximum Gasteiger partial charge on any atom is 0.339 e. The van der Waals surface area contributed by atoms with Crippen LogP contribution in [-0.4, -0.2) is 16.0 Å². The maximum absolute atomic E-state index is 11.2. The Balaban J connectivity index is 2.33. The normalized spacial score (nSPS) is 10.1. The van der Waals surface area contributed by atoms with Crippen molar-refractivity contribution in [3.8, 4) is 5.75 Å². The SMILES string of the molecule is Cc1cccc(COc2c(C(=O)O)cccc2[N+](=O)[O-])c1. The smallest absolute Gasteiger partial charge is 0.339 e. The van der Waals surface area contributed by atoms with E-state index in [9.17, 15) is 14.9 Å². The molecule has 6 heteroatoms. The second kappa shape index (κ2) is 6.04. The van der Waals surface area contributed by atoms with Crippen molar-refractivity contribution in [1.82, 2.24) is 0 Å². The van der Waals surface area contributed by atoms with Gasteiger partial charge in [-0.25, -0.2) is 4.79 Å². The lowest BCUT2D eigenvalue weighted by Crippen LogP contribution is -2.06. The van der Waals surface area contributed by atoms with E-state index in [-0.39, 0.29) is 23.6 Å². The van der Waals surface area contributed by atoms with Gasteiger partial charge in [0.25, 0.3) is 0 Å². The lowest BCUT2D eigenvalue weighted by molar-refractivity contribution is -0.386. The van der Waals surface area contributed by atoms with Gasteiger partial charge in [0.1, 0.15) is 12.2 Å². The standard InChI is InChI=1S/C15H13NO5/c1-10-4-2-5-11(8-10)9-21-14-12(15(17)18)6-3-7-13(14)16(19)20/h2-8H,9H2,1H3,(H,17,18). The number of hydrogen-bond acceptors (Lipinski definition) is 4. The van der Waals surface area contributed by atoms with Crippen LogP contribution in [0.15, 0.2) is 42.5 Å². The molecule has 0 aliphatic rings. The largest absolute Gasteiger partial charge is 0.481 e. The fourth-order valence-corrected chi connectivity index (χ4v) is 1.95. The Morgan fingerprint density at radius 1 is 1.29 bits per heavy atom. The number of nitro benzene ring substituents is 1. The average Bonchev–Trinajstić information content (AvgIpc) is 2.44. The van der Waals surface area contributed by atoms with Gasteiger partial charge in [0.2, 0.25) is 5.75 Å². The van der Waals surface area contributed by atoms with Crippen LogP contribution in [-0.2, 0) is 6.61 Å². The second-order valence-corrected chi connectivity index (χ2v) is 4.49. The number of rotatable bonds is 5. The minimum Gasteiger partial charge on any atom is -0.481 e. The summed E-state index contributed by atoms with van der Waals surface area (Å²) in [5.74, 6) is -1.49. The first kappa shape index (κ1) is 14.5. The summed E-state index contributed by atoms with van der Waals surface area (Å²) in [6.07, 6.45) is 0. The van der Waals surface area contributed by atoms with E-state index in [4.69, 9.17) is 9.84 Å². The molecule has 0 saturated heterocycles. The molecule has 2 rings (SSSR count). The van der Waals surface area contributed by atoms with Crippen molar-refractivity contribution in [2.75, 3.05) is 0 Å². The number of carbonyl (C=O) groups is 1. The Kier molecular flexibility index (Phi) is 4.18. The quantitative estimate of drug-likeness (QED) is 0.673. The van der Waals surface area contributed by atoms with Gasteiger partial charge in [0, 0.05) is 6.07 Å². The van der Waals surface area contributed by atoms with E-state index in [1.165, 1.54) is 18.2 Å². The summed E-state index contributed by atoms with van der Waals surface area (Å²) < 4.78 is 5.41. The number of aromatic carboxylic acids is 1. The molecule has 0 amide bonds. The Labute approximate surface area is 120 Å². The number of para-hydroxylation sites is 1. The molecule has 6 nitrogen and oxygen atoms in total. The first-order valence-electron chi connectivity index (χ1n) is 6.18. The molecule has 2 aromatic rings. The number of ether oxygens (including phenoxy) is 1. The van der Waals surface area contributed by atoms with Crippen LogP contribution in [0.1, 0.15) is 21.5 Å². The highest BCUT2D eigenvalue weighted by atomic mass is 16.6. The van der Waals surface area contributed by atoms with Crippen LogP contribution in [0.25, 0.3) is 0 Å². The van der Waals surface area contributed by atoms with Crippen molar-refractivity contribution in [1.29, 1.82) is 0 Å². The molecule has 2 aromatic carbocycles. The fourth-order valence-electron chi connectivity index (χ4n) is 1.95. The third kappa shape index (κ3) is 3.36. The van der Waals surface area contributed by atoms with Crippen molar-refractivity contribution >= 4 is 11.7 Å². The van der Waals surface area contributed by atoms with Gasteiger partial charge in [0.15, 0.2) is 0 Å². The van der Waals surface area contributed by atoms with Crippen LogP contribution in [0.5, 0.6) is 5.75 Å². The molecule has 0 fully saturated rings. The van der Waals surface area contributed by atoms with E-state index < -0.39 is 10.9 Å². The molecule has 0 aliphatic carbocycles. The minimum atomic E-state index is -1.27. The number of nitro groups is 1. The Bertz CT molecular complexity index is 664. The summed E-state index contributed by atoms with van der Waals surface area (Å²) in [7, 11) is 0. The van der Waals surface area contributed by atoms with Gasteiger partial charge in [-0.15, -0.1) is 0 Å². The molecular weight excluding hydrogens is 274 g/mol. The number of hydrogen-bond donors (Lipinski definition) is 1. The fraction of sp³-hybridized carbons (Fsp3) is 0.133. The summed E-state index contributed by atoms with van der Waals surface area (Å²) in [5.41, 5.74) is 1.25. The van der Waals surface area contributed by atoms with E-state index >= 15 is 0 Å². The highest BCUT2D eigenvalue weighted by Crippen LogP contribution is 2.31. The van der Waals surface area contributed by atoms with Crippen LogP contribution in [0.2, 0.25) is 0 Å². The Morgan fingerprint density at radius 3 is 2.62 bits per heavy atom. The Hall–Kier alpha value is -2.89. The number of carboxylic acids is 1. The van der Waals surface area contributed by atoms with Crippen molar-refractivity contribution in [3.05, 3.63) is 69.3 Å². The number of aryl methyl sites for hydroxylation is 1. The van der Waals surface area contributed by atoms with E-state index in [0.717, 1.165) is 11.1 Å². The molecule has 0 radical (unpaired) electrons. The van der Waals surface area contributed by atoms with Crippen LogP contribution in [0.4, 0.5) is 5.69 Å². The van der Waals surface area contributed by atoms with Gasteiger partial charge in [-0.3, -0.25) is 10.1 Å². The molecule has 0 atom stereocenters. The molecule has 0 bridgehead atoms. The summed E-state index contributed by atoms with van der Waals surface area (Å²) in [5, 5.41) is 20.1. The number of benzene rings is 2. The summed E-state index contributed by atoms with van der Waals surface area (Å²) in [4.78, 5) is 21.5. The molecule has 0 aliphatic heterocycles. The molecule has 0 aromatic heterocycles. The van der Waals surface area contributed by atoms with E-state index in [1.807, 2.05) is 31.2 Å². The highest BCUT2D eigenvalue weighted by molar-refractivity contribution is 5.92. The van der Waals surface area contributed by atoms with Gasteiger partial charge in [0.05, 0.1) is 4.92 Å². The maximum atomic E-state index is 11.2. The summed E-state index contributed by atoms with van der Waals surface area (Å²) >= 11 is 0. The molecule has 0 spiro atoms. The van der Waals surface area contributed by atoms with Crippen LogP contribution < -0.4 is 4.74 Å². The molecule has 0 heterocycles. The van der Waals surface area contributed by atoms with Crippen molar-refractivity contribution in [2.24, 2.45) is 0 Å². The van der Waals surface area contributed by atoms with Gasteiger partial charge in [-0.2, -0.15) is 0 Å². The summed E-state index contributed by atoms with van der Waals surface area (Å²) in [6, 6.07) is 11.3. The predicted molar refractivity (Wildman–Crippen MR) is 75.6 cm³/mol. The lowest BCUT2D eigenvalue weighted by Gasteiger charge is -2.10. The van der Waals surface area contributed by atoms with Gasteiger partial charge in [-0.05, 0) is 18.6 Å². The topological polar surface area (TPSA) is 89.7 Å². The highest BCUT2D eigenvalue weighted by Gasteiger charge is 2.22. The van der Waals surface area contributed by atoms with Crippen molar-refractivity contribution in [2.45, 2.75) is 13.5 Å². The third-order valence-electron chi connectivity index (χ3n) is 2.89. The number of carboxylic acid groups (broad SMARTS) is 1. The number of nitrogens with zero attached hydrogens (tertiary/aromatic N) is 1. The minimum absolute atomic E-state index is 0.0623. The Morgan fingerprint density at radius 2 is 2.00 bits per heavy atom. The molecular formula is C15H13NO5. The molecule has 0 unspecified atom stereocenters. The summed E-state index contributed by atoms with van der Waals surface area (Å²) in [6.45, 7) is 1.98. The van der Waals surface area contributed by atoms with Crippen LogP contribution in [0.3, 0.4) is 0 Å². The zero-order valence-electron chi connectivity index (χ0n) is 11.3. The molecule has 21 heavy (non-hydrogen) atoms. The van der Waals surface area contributed by atoms with E-state index in [2.05, 4.69) is 0 Å². The zero-order valence-corrected chi connectivity index (χ0v) is 11.3. The van der Waals surface area contributed by atoms with Crippen molar-refractivity contribution in [3.63, 3.8) is 0 Å². The van der Waals surface area contributed by atoms with Crippen LogP contribution in [0, 0.1) is 17.0 Å². The second-order valence-electron chi connectivity index (χ2n) is 4.49. The van der Waals surface area contributed by atoms with Crippen molar-refractivity contribution < 1.29 is 19.6 Å². The van der Waals surface area contributed by atoms with Gasteiger partial charge in [-0.1, -0.05) is 35.9 Å². The molecule has 1 N–H and O–H groups in total. The molecule has 108 valence electrons. The van der Waals surface area contributed by atoms with E-state index in [1.54, 1.807) is 0 Å².